The summed E-state index contributed by atoms with van der Waals surface area (Å²) < 4.78 is 15.4. The number of carbonyl (C=O) groups is 1. The summed E-state index contributed by atoms with van der Waals surface area (Å²) in [4.78, 5) is 22.5. The SMILES string of the molecule is CNc1ccc(C(=O)OCc2cc(-c3ccco3)on2)cc1[N+](=O)[O-]. The fourth-order valence-corrected chi connectivity index (χ4v) is 2.16. The molecule has 0 fully saturated rings. The molecule has 9 nitrogen and oxygen atoms in total. The van der Waals surface area contributed by atoms with Gasteiger partial charge in [-0.3, -0.25) is 10.1 Å². The van der Waals surface area contributed by atoms with Crippen LogP contribution in [0.4, 0.5) is 11.4 Å². The minimum Gasteiger partial charge on any atom is -0.461 e. The molecule has 0 saturated heterocycles. The molecular formula is C16H13N3O6. The Hall–Kier alpha value is -3.62. The van der Waals surface area contributed by atoms with Gasteiger partial charge in [0.25, 0.3) is 5.69 Å². The maximum absolute atomic E-state index is 12.1. The molecule has 0 aliphatic carbocycles. The third-order valence-electron chi connectivity index (χ3n) is 3.37. The molecule has 25 heavy (non-hydrogen) atoms. The van der Waals surface area contributed by atoms with E-state index in [4.69, 9.17) is 13.7 Å². The number of ether oxygens (including phenoxy) is 1. The number of benzene rings is 1. The average Bonchev–Trinajstić information content (AvgIpc) is 3.30. The summed E-state index contributed by atoms with van der Waals surface area (Å²) in [6.45, 7) is -0.134. The van der Waals surface area contributed by atoms with Gasteiger partial charge in [0.2, 0.25) is 5.76 Å². The first kappa shape index (κ1) is 16.2. The van der Waals surface area contributed by atoms with Gasteiger partial charge in [0.05, 0.1) is 16.7 Å². The number of nitrogens with zero attached hydrogens (tertiary/aromatic N) is 2. The van der Waals surface area contributed by atoms with Crippen molar-refractivity contribution in [3.05, 3.63) is 64.0 Å². The van der Waals surface area contributed by atoms with Gasteiger partial charge in [-0.05, 0) is 24.3 Å². The lowest BCUT2D eigenvalue weighted by Crippen LogP contribution is -2.07. The largest absolute Gasteiger partial charge is 0.461 e. The fourth-order valence-electron chi connectivity index (χ4n) is 2.16. The molecule has 1 aromatic carbocycles. The maximum Gasteiger partial charge on any atom is 0.338 e. The minimum atomic E-state index is -0.701. The van der Waals surface area contributed by atoms with Crippen LogP contribution in [0, 0.1) is 10.1 Å². The summed E-state index contributed by atoms with van der Waals surface area (Å²) in [5.74, 6) is 0.210. The number of esters is 1. The molecule has 3 rings (SSSR count). The molecule has 0 amide bonds. The molecule has 2 aromatic heterocycles. The van der Waals surface area contributed by atoms with Gasteiger partial charge >= 0.3 is 5.97 Å². The van der Waals surface area contributed by atoms with Crippen LogP contribution in [-0.2, 0) is 11.3 Å². The maximum atomic E-state index is 12.1. The molecule has 9 heteroatoms. The number of rotatable bonds is 6. The molecule has 0 spiro atoms. The first-order valence-electron chi connectivity index (χ1n) is 7.21. The van der Waals surface area contributed by atoms with Gasteiger partial charge in [0.1, 0.15) is 18.0 Å². The van der Waals surface area contributed by atoms with Gasteiger partial charge in [-0.2, -0.15) is 0 Å². The van der Waals surface area contributed by atoms with Crippen LogP contribution in [0.1, 0.15) is 16.1 Å². The minimum absolute atomic E-state index is 0.0699. The Morgan fingerprint density at radius 3 is 2.84 bits per heavy atom. The molecular weight excluding hydrogens is 330 g/mol. The van der Waals surface area contributed by atoms with E-state index in [9.17, 15) is 14.9 Å². The second-order valence-electron chi connectivity index (χ2n) is 4.97. The van der Waals surface area contributed by atoms with Crippen molar-refractivity contribution >= 4 is 17.3 Å². The zero-order chi connectivity index (χ0) is 17.8. The number of anilines is 1. The summed E-state index contributed by atoms with van der Waals surface area (Å²) in [6, 6.07) is 9.04. The van der Waals surface area contributed by atoms with Crippen LogP contribution in [0.5, 0.6) is 0 Å². The average molecular weight is 343 g/mol. The fraction of sp³-hybridized carbons (Fsp3) is 0.125. The van der Waals surface area contributed by atoms with Crippen molar-refractivity contribution in [3.8, 4) is 11.5 Å². The Morgan fingerprint density at radius 1 is 1.32 bits per heavy atom. The summed E-state index contributed by atoms with van der Waals surface area (Å²) >= 11 is 0. The highest BCUT2D eigenvalue weighted by Crippen LogP contribution is 2.26. The quantitative estimate of drug-likeness (QED) is 0.411. The van der Waals surface area contributed by atoms with Gasteiger partial charge < -0.3 is 19.0 Å². The van der Waals surface area contributed by atoms with Gasteiger partial charge in [0.15, 0.2) is 5.76 Å². The first-order valence-corrected chi connectivity index (χ1v) is 7.21. The van der Waals surface area contributed by atoms with E-state index in [1.165, 1.54) is 18.4 Å². The van der Waals surface area contributed by atoms with E-state index >= 15 is 0 Å². The summed E-state index contributed by atoms with van der Waals surface area (Å²) in [5.41, 5.74) is 0.557. The van der Waals surface area contributed by atoms with Crippen molar-refractivity contribution in [2.75, 3.05) is 12.4 Å². The monoisotopic (exact) mass is 343 g/mol. The molecule has 1 N–H and O–H groups in total. The van der Waals surface area contributed by atoms with Gasteiger partial charge in [-0.25, -0.2) is 4.79 Å². The van der Waals surface area contributed by atoms with E-state index in [0.29, 0.717) is 22.9 Å². The molecule has 128 valence electrons. The molecule has 0 radical (unpaired) electrons. The van der Waals surface area contributed by atoms with E-state index in [-0.39, 0.29) is 17.9 Å². The van der Waals surface area contributed by atoms with Crippen molar-refractivity contribution in [3.63, 3.8) is 0 Å². The molecule has 2 heterocycles. The lowest BCUT2D eigenvalue weighted by molar-refractivity contribution is -0.384. The van der Waals surface area contributed by atoms with Crippen LogP contribution in [-0.4, -0.2) is 23.1 Å². The van der Waals surface area contributed by atoms with Gasteiger partial charge in [0, 0.05) is 19.2 Å². The van der Waals surface area contributed by atoms with E-state index in [1.54, 1.807) is 25.2 Å². The smallest absolute Gasteiger partial charge is 0.338 e. The van der Waals surface area contributed by atoms with Gasteiger partial charge in [-0.15, -0.1) is 0 Å². The Kier molecular flexibility index (Phi) is 4.46. The second kappa shape index (κ2) is 6.87. The molecule has 0 bridgehead atoms. The van der Waals surface area contributed by atoms with Crippen LogP contribution >= 0.6 is 0 Å². The number of hydrogen-bond acceptors (Lipinski definition) is 8. The Morgan fingerprint density at radius 2 is 2.16 bits per heavy atom. The van der Waals surface area contributed by atoms with Crippen LogP contribution in [0.25, 0.3) is 11.5 Å². The van der Waals surface area contributed by atoms with Crippen molar-refractivity contribution in [2.24, 2.45) is 0 Å². The van der Waals surface area contributed by atoms with Crippen molar-refractivity contribution in [1.29, 1.82) is 0 Å². The standard InChI is InChI=1S/C16H13N3O6/c1-17-12-5-4-10(7-13(12)19(21)22)16(20)24-9-11-8-15(25-18-11)14-3-2-6-23-14/h2-8,17H,9H2,1H3. The molecule has 0 aliphatic rings. The summed E-state index contributed by atoms with van der Waals surface area (Å²) in [6.07, 6.45) is 1.50. The van der Waals surface area contributed by atoms with E-state index in [0.717, 1.165) is 6.07 Å². The van der Waals surface area contributed by atoms with Crippen molar-refractivity contribution in [2.45, 2.75) is 6.61 Å². The summed E-state index contributed by atoms with van der Waals surface area (Å²) in [5, 5.41) is 17.5. The molecule has 0 atom stereocenters. The lowest BCUT2D eigenvalue weighted by Gasteiger charge is -2.05. The van der Waals surface area contributed by atoms with E-state index < -0.39 is 10.9 Å². The van der Waals surface area contributed by atoms with Crippen LogP contribution < -0.4 is 5.32 Å². The number of aromatic nitrogens is 1. The van der Waals surface area contributed by atoms with E-state index in [2.05, 4.69) is 10.5 Å². The molecule has 0 saturated carbocycles. The highest BCUT2D eigenvalue weighted by Gasteiger charge is 2.18. The number of nitro groups is 1. The predicted molar refractivity (Wildman–Crippen MR) is 86.0 cm³/mol. The molecule has 0 aliphatic heterocycles. The van der Waals surface area contributed by atoms with Crippen molar-refractivity contribution < 1.29 is 23.4 Å². The second-order valence-corrected chi connectivity index (χ2v) is 4.97. The number of furan rings is 1. The van der Waals surface area contributed by atoms with Gasteiger partial charge in [-0.1, -0.05) is 5.16 Å². The Bertz CT molecular complexity index is 900. The zero-order valence-corrected chi connectivity index (χ0v) is 13.1. The third-order valence-corrected chi connectivity index (χ3v) is 3.37. The number of hydrogen-bond donors (Lipinski definition) is 1. The van der Waals surface area contributed by atoms with Crippen LogP contribution in [0.3, 0.4) is 0 Å². The third kappa shape index (κ3) is 3.50. The van der Waals surface area contributed by atoms with Crippen LogP contribution in [0.15, 0.2) is 51.6 Å². The topological polar surface area (TPSA) is 121 Å². The predicted octanol–water partition coefficient (Wildman–Crippen LogP) is 3.24. The Labute approximate surface area is 141 Å². The Balaban J connectivity index is 1.69. The van der Waals surface area contributed by atoms with Crippen LogP contribution in [0.2, 0.25) is 0 Å². The molecule has 0 unspecified atom stereocenters. The number of nitro benzene ring substituents is 1. The summed E-state index contributed by atoms with van der Waals surface area (Å²) in [7, 11) is 1.56. The highest BCUT2D eigenvalue weighted by molar-refractivity contribution is 5.91. The first-order chi connectivity index (χ1) is 12.1. The van der Waals surface area contributed by atoms with E-state index in [1.807, 2.05) is 0 Å². The zero-order valence-electron chi connectivity index (χ0n) is 13.1. The lowest BCUT2D eigenvalue weighted by atomic mass is 10.1. The van der Waals surface area contributed by atoms with Crippen molar-refractivity contribution in [1.82, 2.24) is 5.16 Å². The number of nitrogens with one attached hydrogen (secondary N) is 1. The molecule has 3 aromatic rings. The highest BCUT2D eigenvalue weighted by atomic mass is 16.6. The normalized spacial score (nSPS) is 10.4. The number of carbonyl (C=O) groups excluding carboxylic acids is 1.